The molecule has 3 saturated carbocycles. The monoisotopic (exact) mass is 404 g/mol. The van der Waals surface area contributed by atoms with Crippen LogP contribution in [-0.2, 0) is 23.9 Å². The topological polar surface area (TPSA) is 107 Å². The van der Waals surface area contributed by atoms with E-state index < -0.39 is 23.1 Å². The quantitative estimate of drug-likeness (QED) is 0.704. The number of ketones is 2. The molecule has 0 aromatic carbocycles. The Morgan fingerprint density at radius 2 is 1.86 bits per heavy atom. The fourth-order valence-electron chi connectivity index (χ4n) is 7.12. The Labute approximate surface area is 169 Å². The summed E-state index contributed by atoms with van der Waals surface area (Å²) in [5, 5.41) is 10.1. The van der Waals surface area contributed by atoms with E-state index >= 15 is 0 Å². The summed E-state index contributed by atoms with van der Waals surface area (Å²) in [6, 6.07) is 0. The van der Waals surface area contributed by atoms with Gasteiger partial charge in [0.15, 0.2) is 5.78 Å². The van der Waals surface area contributed by atoms with Gasteiger partial charge in [0.05, 0.1) is 7.11 Å². The molecule has 6 atom stereocenters. The van der Waals surface area contributed by atoms with Gasteiger partial charge in [0.2, 0.25) is 5.60 Å². The van der Waals surface area contributed by atoms with Crippen LogP contribution in [-0.4, -0.2) is 41.5 Å². The smallest absolute Gasteiger partial charge is 0.478 e. The van der Waals surface area contributed by atoms with Gasteiger partial charge in [0, 0.05) is 24.2 Å². The van der Waals surface area contributed by atoms with Gasteiger partial charge in [-0.25, -0.2) is 9.59 Å². The molecule has 7 heteroatoms. The molecule has 1 N–H and O–H groups in total. The molecule has 0 bridgehead atoms. The highest BCUT2D eigenvalue weighted by atomic mass is 16.7. The molecule has 0 aliphatic heterocycles. The largest absolute Gasteiger partial charge is 0.509 e. The number of rotatable bonds is 2. The van der Waals surface area contributed by atoms with E-state index in [1.54, 1.807) is 13.0 Å². The fourth-order valence-corrected chi connectivity index (χ4v) is 7.12. The SMILES string of the molecule is COC(=O)O[C@]1(C(=O)O)CC[C@H]2[C@@H]3CCC4=CC(=O)CC[C@]4(C)[C@H]3C(=O)C[C@@]21C. The van der Waals surface area contributed by atoms with E-state index in [4.69, 9.17) is 4.74 Å². The molecule has 0 aromatic heterocycles. The van der Waals surface area contributed by atoms with Gasteiger partial charge in [0.1, 0.15) is 5.78 Å². The van der Waals surface area contributed by atoms with Crippen molar-refractivity contribution in [1.82, 2.24) is 0 Å². The maximum absolute atomic E-state index is 13.5. The maximum Gasteiger partial charge on any atom is 0.509 e. The van der Waals surface area contributed by atoms with Gasteiger partial charge in [-0.2, -0.15) is 0 Å². The van der Waals surface area contributed by atoms with E-state index in [2.05, 4.69) is 11.7 Å². The van der Waals surface area contributed by atoms with Crippen LogP contribution >= 0.6 is 0 Å². The molecule has 0 unspecified atom stereocenters. The Bertz CT molecular complexity index is 829. The first kappa shape index (κ1) is 20.1. The molecule has 0 spiro atoms. The lowest BCUT2D eigenvalue weighted by Gasteiger charge is -2.57. The minimum Gasteiger partial charge on any atom is -0.478 e. The Kier molecular flexibility index (Phi) is 4.44. The van der Waals surface area contributed by atoms with E-state index in [1.807, 2.05) is 0 Å². The molecule has 0 radical (unpaired) electrons. The minimum atomic E-state index is -1.76. The van der Waals surface area contributed by atoms with Crippen molar-refractivity contribution in [2.45, 2.75) is 64.4 Å². The Hall–Kier alpha value is -2.18. The molecule has 0 amide bonds. The summed E-state index contributed by atoms with van der Waals surface area (Å²) in [5.74, 6) is -1.29. The third kappa shape index (κ3) is 2.55. The standard InChI is InChI=1S/C22H28O7/c1-20-8-6-13(23)10-12(20)4-5-14-15-7-9-22(18(25)26,29-19(27)28-3)21(15,2)11-16(24)17(14)20/h10,14-15,17H,4-9,11H2,1-3H3,(H,25,26)/t14-,15-,17+,20-,21-,22-/m0/s1. The van der Waals surface area contributed by atoms with Crippen molar-refractivity contribution in [3.8, 4) is 0 Å². The zero-order valence-electron chi connectivity index (χ0n) is 17.2. The lowest BCUT2D eigenvalue weighted by molar-refractivity contribution is -0.186. The lowest BCUT2D eigenvalue weighted by Crippen LogP contribution is -2.61. The number of hydrogen-bond acceptors (Lipinski definition) is 6. The number of allylic oxidation sites excluding steroid dienone is 1. The number of ether oxygens (including phenoxy) is 2. The van der Waals surface area contributed by atoms with E-state index in [9.17, 15) is 24.3 Å². The van der Waals surface area contributed by atoms with Crippen LogP contribution in [0, 0.1) is 28.6 Å². The van der Waals surface area contributed by atoms with Crippen molar-refractivity contribution in [3.05, 3.63) is 11.6 Å². The van der Waals surface area contributed by atoms with Crippen LogP contribution in [0.1, 0.15) is 58.8 Å². The number of aliphatic carboxylic acids is 1. The van der Waals surface area contributed by atoms with E-state index in [-0.39, 0.29) is 47.6 Å². The molecule has 4 rings (SSSR count). The van der Waals surface area contributed by atoms with Crippen molar-refractivity contribution in [3.63, 3.8) is 0 Å². The molecular weight excluding hydrogens is 376 g/mol. The van der Waals surface area contributed by atoms with Gasteiger partial charge in [-0.3, -0.25) is 9.59 Å². The third-order valence-corrected chi connectivity index (χ3v) is 8.54. The summed E-state index contributed by atoms with van der Waals surface area (Å²) in [4.78, 5) is 49.7. The minimum absolute atomic E-state index is 0.0252. The number of Topliss-reactive ketones (excluding diaryl/α,β-unsaturated/α-hetero) is 1. The van der Waals surface area contributed by atoms with Gasteiger partial charge >= 0.3 is 12.1 Å². The number of carboxylic acids is 1. The summed E-state index contributed by atoms with van der Waals surface area (Å²) >= 11 is 0. The third-order valence-electron chi connectivity index (χ3n) is 8.54. The van der Waals surface area contributed by atoms with Gasteiger partial charge in [-0.05, 0) is 55.4 Å². The first-order chi connectivity index (χ1) is 13.6. The highest BCUT2D eigenvalue weighted by Gasteiger charge is 2.71. The van der Waals surface area contributed by atoms with Crippen molar-refractivity contribution >= 4 is 23.7 Å². The predicted molar refractivity (Wildman–Crippen MR) is 101 cm³/mol. The second kappa shape index (κ2) is 6.41. The predicted octanol–water partition coefficient (Wildman–Crippen LogP) is 3.30. The molecule has 4 aliphatic carbocycles. The number of methoxy groups -OCH3 is 1. The first-order valence-corrected chi connectivity index (χ1v) is 10.4. The summed E-state index contributed by atoms with van der Waals surface area (Å²) in [6.07, 6.45) is 4.13. The summed E-state index contributed by atoms with van der Waals surface area (Å²) in [6.45, 7) is 3.88. The zero-order chi connectivity index (χ0) is 21.2. The zero-order valence-corrected chi connectivity index (χ0v) is 17.2. The first-order valence-electron chi connectivity index (χ1n) is 10.4. The van der Waals surface area contributed by atoms with Crippen LogP contribution in [0.5, 0.6) is 0 Å². The Morgan fingerprint density at radius 3 is 2.52 bits per heavy atom. The van der Waals surface area contributed by atoms with Crippen LogP contribution < -0.4 is 0 Å². The molecule has 0 saturated heterocycles. The van der Waals surface area contributed by atoms with Crippen molar-refractivity contribution in [2.24, 2.45) is 28.6 Å². The van der Waals surface area contributed by atoms with Crippen molar-refractivity contribution < 1.29 is 33.8 Å². The molecular formula is C22H28O7. The number of fused-ring (bicyclic) bond motifs is 5. The summed E-state index contributed by atoms with van der Waals surface area (Å²) in [5.41, 5.74) is -2.01. The van der Waals surface area contributed by atoms with Gasteiger partial charge < -0.3 is 14.6 Å². The Morgan fingerprint density at radius 1 is 1.14 bits per heavy atom. The van der Waals surface area contributed by atoms with Crippen LogP contribution in [0.15, 0.2) is 11.6 Å². The molecule has 0 aromatic rings. The fraction of sp³-hybridized carbons (Fsp3) is 0.727. The van der Waals surface area contributed by atoms with Gasteiger partial charge in [-0.1, -0.05) is 19.4 Å². The number of carbonyl (C=O) groups is 4. The van der Waals surface area contributed by atoms with Crippen LogP contribution in [0.4, 0.5) is 4.79 Å². The summed E-state index contributed by atoms with van der Waals surface area (Å²) < 4.78 is 9.98. The van der Waals surface area contributed by atoms with Crippen LogP contribution in [0.2, 0.25) is 0 Å². The van der Waals surface area contributed by atoms with Crippen LogP contribution in [0.3, 0.4) is 0 Å². The van der Waals surface area contributed by atoms with E-state index in [0.717, 1.165) is 25.5 Å². The highest BCUT2D eigenvalue weighted by Crippen LogP contribution is 2.67. The summed E-state index contributed by atoms with van der Waals surface area (Å²) in [7, 11) is 1.15. The number of hydrogen-bond donors (Lipinski definition) is 1. The second-order valence-electron chi connectivity index (χ2n) is 9.63. The molecule has 3 fully saturated rings. The van der Waals surface area contributed by atoms with Crippen LogP contribution in [0.25, 0.3) is 0 Å². The normalized spacial score (nSPS) is 43.6. The van der Waals surface area contributed by atoms with E-state index in [0.29, 0.717) is 19.3 Å². The van der Waals surface area contributed by atoms with Gasteiger partial charge in [0.25, 0.3) is 0 Å². The highest BCUT2D eigenvalue weighted by molar-refractivity contribution is 5.93. The number of carboxylic acid groups (broad SMARTS) is 1. The van der Waals surface area contributed by atoms with Gasteiger partial charge in [-0.15, -0.1) is 0 Å². The molecule has 29 heavy (non-hydrogen) atoms. The molecule has 158 valence electrons. The average molecular weight is 404 g/mol. The average Bonchev–Trinajstić information content (AvgIpc) is 2.94. The van der Waals surface area contributed by atoms with E-state index in [1.165, 1.54) is 0 Å². The maximum atomic E-state index is 13.5. The molecule has 0 heterocycles. The molecule has 7 nitrogen and oxygen atoms in total. The van der Waals surface area contributed by atoms with Crippen molar-refractivity contribution in [2.75, 3.05) is 7.11 Å². The van der Waals surface area contributed by atoms with Crippen molar-refractivity contribution in [1.29, 1.82) is 0 Å². The lowest BCUT2D eigenvalue weighted by atomic mass is 9.46. The Balaban J connectivity index is 1.75. The number of carbonyl (C=O) groups excluding carboxylic acids is 3. The molecule has 4 aliphatic rings. The second-order valence-corrected chi connectivity index (χ2v) is 9.63.